The highest BCUT2D eigenvalue weighted by molar-refractivity contribution is 5.13. The number of hydrogen-bond acceptors (Lipinski definition) is 2. The van der Waals surface area contributed by atoms with Crippen molar-refractivity contribution in [3.05, 3.63) is 49.5 Å². The first-order chi connectivity index (χ1) is 7.27. The van der Waals surface area contributed by atoms with Crippen molar-refractivity contribution in [3.63, 3.8) is 0 Å². The Morgan fingerprint density at radius 3 is 2.67 bits per heavy atom. The van der Waals surface area contributed by atoms with Crippen LogP contribution in [0.2, 0.25) is 0 Å². The Balaban J connectivity index is 2.58. The van der Waals surface area contributed by atoms with Gasteiger partial charge in [0.1, 0.15) is 0 Å². The fourth-order valence-electron chi connectivity index (χ4n) is 1.60. The van der Waals surface area contributed by atoms with E-state index in [0.29, 0.717) is 6.04 Å². The number of furan rings is 1. The summed E-state index contributed by atoms with van der Waals surface area (Å²) < 4.78 is 5.09. The molecule has 2 nitrogen and oxygen atoms in total. The zero-order chi connectivity index (χ0) is 11.1. The summed E-state index contributed by atoms with van der Waals surface area (Å²) in [7, 11) is 0. The van der Waals surface area contributed by atoms with Crippen molar-refractivity contribution in [1.82, 2.24) is 5.32 Å². The lowest BCUT2D eigenvalue weighted by atomic mass is 10.1. The lowest BCUT2D eigenvalue weighted by Crippen LogP contribution is -2.29. The van der Waals surface area contributed by atoms with E-state index in [1.165, 1.54) is 5.56 Å². The molecule has 0 fully saturated rings. The Bertz CT molecular complexity index is 289. The van der Waals surface area contributed by atoms with E-state index in [9.17, 15) is 0 Å². The number of rotatable bonds is 7. The maximum absolute atomic E-state index is 5.09. The van der Waals surface area contributed by atoms with Crippen molar-refractivity contribution >= 4 is 0 Å². The smallest absolute Gasteiger partial charge is 0.0950 e. The van der Waals surface area contributed by atoms with Crippen molar-refractivity contribution < 1.29 is 4.42 Å². The summed E-state index contributed by atoms with van der Waals surface area (Å²) in [5.74, 6) is 0. The van der Waals surface area contributed by atoms with Crippen LogP contribution in [0.5, 0.6) is 0 Å². The van der Waals surface area contributed by atoms with Gasteiger partial charge < -0.3 is 9.73 Å². The van der Waals surface area contributed by atoms with Crippen LogP contribution in [-0.2, 0) is 0 Å². The van der Waals surface area contributed by atoms with E-state index in [-0.39, 0.29) is 6.04 Å². The molecule has 0 aromatic carbocycles. The molecule has 2 unspecified atom stereocenters. The van der Waals surface area contributed by atoms with Crippen molar-refractivity contribution in [2.45, 2.75) is 31.8 Å². The summed E-state index contributed by atoms with van der Waals surface area (Å²) in [5, 5.41) is 3.52. The highest BCUT2D eigenvalue weighted by Gasteiger charge is 2.12. The average Bonchev–Trinajstić information content (AvgIpc) is 2.70. The summed E-state index contributed by atoms with van der Waals surface area (Å²) in [6, 6.07) is 2.69. The van der Waals surface area contributed by atoms with Crippen molar-refractivity contribution in [3.8, 4) is 0 Å². The van der Waals surface area contributed by atoms with Crippen molar-refractivity contribution in [2.24, 2.45) is 0 Å². The molecule has 0 saturated carbocycles. The minimum atomic E-state index is 0.288. The second kappa shape index (κ2) is 6.25. The molecule has 82 valence electrons. The van der Waals surface area contributed by atoms with Crippen LogP contribution in [0, 0.1) is 0 Å². The second-order valence-electron chi connectivity index (χ2n) is 3.73. The zero-order valence-electron chi connectivity index (χ0n) is 9.28. The fraction of sp³-hybridized carbons (Fsp3) is 0.385. The van der Waals surface area contributed by atoms with Crippen molar-refractivity contribution in [1.29, 1.82) is 0 Å². The van der Waals surface area contributed by atoms with Crippen LogP contribution in [0.1, 0.15) is 31.4 Å². The lowest BCUT2D eigenvalue weighted by Gasteiger charge is -2.20. The summed E-state index contributed by atoms with van der Waals surface area (Å²) in [4.78, 5) is 0. The molecular formula is C13H19NO. The van der Waals surface area contributed by atoms with Crippen LogP contribution in [0.4, 0.5) is 0 Å². The van der Waals surface area contributed by atoms with Gasteiger partial charge in [-0.05, 0) is 25.8 Å². The monoisotopic (exact) mass is 205 g/mol. The molecule has 0 radical (unpaired) electrons. The fourth-order valence-corrected chi connectivity index (χ4v) is 1.60. The van der Waals surface area contributed by atoms with Crippen LogP contribution in [-0.4, -0.2) is 6.04 Å². The maximum Gasteiger partial charge on any atom is 0.0950 e. The Labute approximate surface area is 91.7 Å². The molecule has 0 aliphatic rings. The largest absolute Gasteiger partial charge is 0.472 e. The third kappa shape index (κ3) is 3.76. The van der Waals surface area contributed by atoms with E-state index in [2.05, 4.69) is 25.4 Å². The predicted molar refractivity (Wildman–Crippen MR) is 63.7 cm³/mol. The van der Waals surface area contributed by atoms with Crippen molar-refractivity contribution in [2.75, 3.05) is 0 Å². The molecular weight excluding hydrogens is 186 g/mol. The molecule has 0 bridgehead atoms. The van der Waals surface area contributed by atoms with E-state index in [1.54, 1.807) is 12.5 Å². The first-order valence-corrected chi connectivity index (χ1v) is 5.27. The molecule has 2 atom stereocenters. The highest BCUT2D eigenvalue weighted by Crippen LogP contribution is 2.18. The van der Waals surface area contributed by atoms with Gasteiger partial charge in [0.15, 0.2) is 0 Å². The second-order valence-corrected chi connectivity index (χ2v) is 3.73. The molecule has 15 heavy (non-hydrogen) atoms. The molecule has 0 aliphatic heterocycles. The van der Waals surface area contributed by atoms with Gasteiger partial charge in [0.2, 0.25) is 0 Å². The molecule has 1 rings (SSSR count). The minimum absolute atomic E-state index is 0.288. The standard InChI is InChI=1S/C13H19NO/c1-4-6-11(3)14-13(7-5-2)12-8-9-15-10-12/h4-5,8-11,13-14H,1-2,6-7H2,3H3. The van der Waals surface area contributed by atoms with E-state index < -0.39 is 0 Å². The van der Waals surface area contributed by atoms with Gasteiger partial charge in [0, 0.05) is 17.6 Å². The van der Waals surface area contributed by atoms with Crippen LogP contribution in [0.25, 0.3) is 0 Å². The third-order valence-electron chi connectivity index (χ3n) is 2.35. The van der Waals surface area contributed by atoms with Crippen LogP contribution in [0.15, 0.2) is 48.3 Å². The molecule has 0 saturated heterocycles. The molecule has 0 amide bonds. The first-order valence-electron chi connectivity index (χ1n) is 5.27. The zero-order valence-corrected chi connectivity index (χ0v) is 9.28. The summed E-state index contributed by atoms with van der Waals surface area (Å²) in [6.07, 6.45) is 9.20. The Morgan fingerprint density at radius 2 is 2.13 bits per heavy atom. The Morgan fingerprint density at radius 1 is 1.40 bits per heavy atom. The van der Waals surface area contributed by atoms with Gasteiger partial charge in [-0.1, -0.05) is 12.2 Å². The van der Waals surface area contributed by atoms with Gasteiger partial charge in [-0.2, -0.15) is 0 Å². The van der Waals surface area contributed by atoms with Gasteiger partial charge in [-0.3, -0.25) is 0 Å². The topological polar surface area (TPSA) is 25.2 Å². The maximum atomic E-state index is 5.09. The summed E-state index contributed by atoms with van der Waals surface area (Å²) >= 11 is 0. The molecule has 0 spiro atoms. The minimum Gasteiger partial charge on any atom is -0.472 e. The number of nitrogens with one attached hydrogen (secondary N) is 1. The molecule has 1 N–H and O–H groups in total. The first kappa shape index (κ1) is 11.8. The Kier molecular flexibility index (Phi) is 4.91. The van der Waals surface area contributed by atoms with E-state index in [1.807, 2.05) is 18.2 Å². The molecule has 1 aromatic heterocycles. The summed E-state index contributed by atoms with van der Waals surface area (Å²) in [6.45, 7) is 9.66. The van der Waals surface area contributed by atoms with Gasteiger partial charge in [0.05, 0.1) is 12.5 Å². The summed E-state index contributed by atoms with van der Waals surface area (Å²) in [5.41, 5.74) is 1.17. The quantitative estimate of drug-likeness (QED) is 0.690. The average molecular weight is 205 g/mol. The molecule has 2 heteroatoms. The van der Waals surface area contributed by atoms with Crippen LogP contribution >= 0.6 is 0 Å². The van der Waals surface area contributed by atoms with E-state index in [4.69, 9.17) is 4.42 Å². The van der Waals surface area contributed by atoms with E-state index in [0.717, 1.165) is 12.8 Å². The predicted octanol–water partition coefficient (Wildman–Crippen LogP) is 3.45. The van der Waals surface area contributed by atoms with Gasteiger partial charge in [-0.15, -0.1) is 13.2 Å². The van der Waals surface area contributed by atoms with Gasteiger partial charge in [-0.25, -0.2) is 0 Å². The van der Waals surface area contributed by atoms with E-state index >= 15 is 0 Å². The highest BCUT2D eigenvalue weighted by atomic mass is 16.3. The van der Waals surface area contributed by atoms with Gasteiger partial charge in [0.25, 0.3) is 0 Å². The molecule has 1 aromatic rings. The van der Waals surface area contributed by atoms with Crippen LogP contribution < -0.4 is 5.32 Å². The normalized spacial score (nSPS) is 14.5. The van der Waals surface area contributed by atoms with Gasteiger partial charge >= 0.3 is 0 Å². The molecule has 1 heterocycles. The lowest BCUT2D eigenvalue weighted by molar-refractivity contribution is 0.455. The Hall–Kier alpha value is -1.28. The van der Waals surface area contributed by atoms with Crippen LogP contribution in [0.3, 0.4) is 0 Å². The SMILES string of the molecule is C=CCC(C)NC(CC=C)c1ccoc1. The third-order valence-corrected chi connectivity index (χ3v) is 2.35. The number of hydrogen-bond donors (Lipinski definition) is 1. The molecule has 0 aliphatic carbocycles.